The van der Waals surface area contributed by atoms with Crippen molar-refractivity contribution >= 4 is 17.8 Å². The fourth-order valence-electron chi connectivity index (χ4n) is 3.22. The molecule has 0 spiro atoms. The maximum Gasteiger partial charge on any atom is 0.323 e. The van der Waals surface area contributed by atoms with Crippen LogP contribution in [0.2, 0.25) is 0 Å². The Morgan fingerprint density at radius 3 is 2.50 bits per heavy atom. The summed E-state index contributed by atoms with van der Waals surface area (Å²) in [7, 11) is 0. The van der Waals surface area contributed by atoms with Crippen molar-refractivity contribution in [2.24, 2.45) is 0 Å². The average Bonchev–Trinajstić information content (AvgIpc) is 2.81. The van der Waals surface area contributed by atoms with Gasteiger partial charge in [0.2, 0.25) is 5.91 Å². The number of halogens is 2. The summed E-state index contributed by atoms with van der Waals surface area (Å²) in [5.41, 5.74) is -0.193. The number of benzene rings is 1. The largest absolute Gasteiger partial charge is 0.480 e. The predicted octanol–water partition coefficient (Wildman–Crippen LogP) is 2.20. The van der Waals surface area contributed by atoms with Crippen LogP contribution in [0.1, 0.15) is 42.1 Å². The molecule has 1 heterocycles. The summed E-state index contributed by atoms with van der Waals surface area (Å²) >= 11 is 0. The van der Waals surface area contributed by atoms with Gasteiger partial charge in [-0.25, -0.2) is 8.78 Å². The minimum atomic E-state index is -1.10. The minimum absolute atomic E-state index is 0.126. The molecule has 1 saturated heterocycles. The molecule has 8 heteroatoms. The monoisotopic (exact) mass is 368 g/mol. The van der Waals surface area contributed by atoms with Crippen LogP contribution in [0.3, 0.4) is 0 Å². The molecule has 0 saturated carbocycles. The van der Waals surface area contributed by atoms with Gasteiger partial charge in [-0.2, -0.15) is 0 Å². The lowest BCUT2D eigenvalue weighted by molar-refractivity contribution is -0.145. The molecule has 6 nitrogen and oxygen atoms in total. The van der Waals surface area contributed by atoms with E-state index in [9.17, 15) is 23.2 Å². The van der Waals surface area contributed by atoms with E-state index in [0.29, 0.717) is 25.8 Å². The normalized spacial score (nSPS) is 17.5. The maximum atomic E-state index is 14.1. The summed E-state index contributed by atoms with van der Waals surface area (Å²) in [4.78, 5) is 38.0. The number of aliphatic carboxylic acids is 1. The molecule has 0 radical (unpaired) electrons. The van der Waals surface area contributed by atoms with Gasteiger partial charge in [0.1, 0.15) is 18.2 Å². The molecular weight excluding hydrogens is 346 g/mol. The SMILES string of the molecule is CC(=O)N(CC(=O)O)[C@H]1CCCN(C(=O)c2cc(F)c(C)cc2F)CC1. The molecule has 2 rings (SSSR count). The van der Waals surface area contributed by atoms with Crippen LogP contribution in [0.25, 0.3) is 0 Å². The predicted molar refractivity (Wildman–Crippen MR) is 89.7 cm³/mol. The van der Waals surface area contributed by atoms with E-state index < -0.39 is 30.1 Å². The molecule has 1 N–H and O–H groups in total. The molecule has 1 atom stereocenters. The van der Waals surface area contributed by atoms with Gasteiger partial charge in [-0.3, -0.25) is 14.4 Å². The number of amides is 2. The molecule has 0 aliphatic carbocycles. The first-order valence-corrected chi connectivity index (χ1v) is 8.44. The Hall–Kier alpha value is -2.51. The Labute approximate surface area is 150 Å². The van der Waals surface area contributed by atoms with E-state index in [-0.39, 0.29) is 29.6 Å². The van der Waals surface area contributed by atoms with Gasteiger partial charge in [-0.15, -0.1) is 0 Å². The van der Waals surface area contributed by atoms with E-state index in [0.717, 1.165) is 12.1 Å². The van der Waals surface area contributed by atoms with Crippen molar-refractivity contribution < 1.29 is 28.3 Å². The molecule has 1 aliphatic rings. The smallest absolute Gasteiger partial charge is 0.323 e. The minimum Gasteiger partial charge on any atom is -0.480 e. The van der Waals surface area contributed by atoms with Crippen LogP contribution in [0.15, 0.2) is 12.1 Å². The fraction of sp³-hybridized carbons (Fsp3) is 0.500. The third-order valence-electron chi connectivity index (χ3n) is 4.61. The number of carboxylic acids is 1. The maximum absolute atomic E-state index is 14.1. The highest BCUT2D eigenvalue weighted by molar-refractivity contribution is 5.94. The van der Waals surface area contributed by atoms with Crippen LogP contribution >= 0.6 is 0 Å². The van der Waals surface area contributed by atoms with Crippen LogP contribution in [0.4, 0.5) is 8.78 Å². The van der Waals surface area contributed by atoms with Gasteiger partial charge in [0, 0.05) is 26.1 Å². The van der Waals surface area contributed by atoms with E-state index in [1.807, 2.05) is 0 Å². The molecule has 1 aromatic rings. The van der Waals surface area contributed by atoms with Crippen LogP contribution < -0.4 is 0 Å². The Morgan fingerprint density at radius 1 is 1.19 bits per heavy atom. The highest BCUT2D eigenvalue weighted by atomic mass is 19.1. The summed E-state index contributed by atoms with van der Waals surface area (Å²) in [5, 5.41) is 8.97. The third kappa shape index (κ3) is 4.56. The van der Waals surface area contributed by atoms with E-state index in [1.165, 1.54) is 23.6 Å². The second-order valence-corrected chi connectivity index (χ2v) is 6.50. The van der Waals surface area contributed by atoms with Crippen molar-refractivity contribution in [1.82, 2.24) is 9.80 Å². The number of hydrogen-bond acceptors (Lipinski definition) is 3. The number of carbonyl (C=O) groups excluding carboxylic acids is 2. The number of likely N-dealkylation sites (tertiary alicyclic amines) is 1. The Kier molecular flexibility index (Phi) is 6.28. The highest BCUT2D eigenvalue weighted by Crippen LogP contribution is 2.21. The zero-order valence-corrected chi connectivity index (χ0v) is 14.8. The molecule has 142 valence electrons. The highest BCUT2D eigenvalue weighted by Gasteiger charge is 2.29. The molecule has 0 unspecified atom stereocenters. The summed E-state index contributed by atoms with van der Waals surface area (Å²) < 4.78 is 27.8. The van der Waals surface area contributed by atoms with Gasteiger partial charge in [-0.05, 0) is 43.9 Å². The summed E-state index contributed by atoms with van der Waals surface area (Å²) in [6.45, 7) is 2.90. The zero-order valence-electron chi connectivity index (χ0n) is 14.8. The lowest BCUT2D eigenvalue weighted by Gasteiger charge is -2.28. The van der Waals surface area contributed by atoms with Gasteiger partial charge in [0.25, 0.3) is 5.91 Å². The average molecular weight is 368 g/mol. The number of nitrogens with zero attached hydrogens (tertiary/aromatic N) is 2. The van der Waals surface area contributed by atoms with Crippen LogP contribution in [0, 0.1) is 18.6 Å². The van der Waals surface area contributed by atoms with Gasteiger partial charge in [0.05, 0.1) is 5.56 Å². The molecule has 26 heavy (non-hydrogen) atoms. The van der Waals surface area contributed by atoms with E-state index in [4.69, 9.17) is 5.11 Å². The standard InChI is InChI=1S/C18H22F2N2O4/c1-11-8-16(20)14(9-15(11)19)18(26)21-6-3-4-13(5-7-21)22(12(2)23)10-17(24)25/h8-9,13H,3-7,10H2,1-2H3,(H,24,25)/t13-/m0/s1. The van der Waals surface area contributed by atoms with E-state index in [1.54, 1.807) is 0 Å². The van der Waals surface area contributed by atoms with Gasteiger partial charge in [-0.1, -0.05) is 0 Å². The quantitative estimate of drug-likeness (QED) is 0.884. The van der Waals surface area contributed by atoms with Gasteiger partial charge >= 0.3 is 5.97 Å². The van der Waals surface area contributed by atoms with Crippen molar-refractivity contribution in [3.63, 3.8) is 0 Å². The summed E-state index contributed by atoms with van der Waals surface area (Å²) in [5.74, 6) is -3.47. The van der Waals surface area contributed by atoms with Crippen molar-refractivity contribution in [1.29, 1.82) is 0 Å². The molecule has 0 aromatic heterocycles. The van der Waals surface area contributed by atoms with E-state index >= 15 is 0 Å². The molecule has 0 bridgehead atoms. The van der Waals surface area contributed by atoms with Gasteiger partial charge < -0.3 is 14.9 Å². The van der Waals surface area contributed by atoms with Crippen LogP contribution in [0.5, 0.6) is 0 Å². The van der Waals surface area contributed by atoms with Crippen LogP contribution in [-0.2, 0) is 9.59 Å². The molecular formula is C18H22F2N2O4. The van der Waals surface area contributed by atoms with Crippen molar-refractivity contribution in [3.8, 4) is 0 Å². The molecule has 2 amide bonds. The molecule has 1 fully saturated rings. The number of carbonyl (C=O) groups is 3. The topological polar surface area (TPSA) is 77.9 Å². The Balaban J connectivity index is 2.12. The summed E-state index contributed by atoms with van der Waals surface area (Å²) in [6.07, 6.45) is 1.46. The van der Waals surface area contributed by atoms with E-state index in [2.05, 4.69) is 0 Å². The first-order valence-electron chi connectivity index (χ1n) is 8.44. The molecule has 1 aromatic carbocycles. The fourth-order valence-corrected chi connectivity index (χ4v) is 3.22. The lowest BCUT2D eigenvalue weighted by Crippen LogP contribution is -2.43. The summed E-state index contributed by atoms with van der Waals surface area (Å²) in [6, 6.07) is 1.59. The zero-order chi connectivity index (χ0) is 19.4. The van der Waals surface area contributed by atoms with Crippen molar-refractivity contribution in [2.75, 3.05) is 19.6 Å². The first kappa shape index (κ1) is 19.8. The third-order valence-corrected chi connectivity index (χ3v) is 4.61. The number of rotatable bonds is 4. The number of carboxylic acid groups (broad SMARTS) is 1. The lowest BCUT2D eigenvalue weighted by atomic mass is 10.1. The molecule has 1 aliphatic heterocycles. The Morgan fingerprint density at radius 2 is 1.88 bits per heavy atom. The Bertz CT molecular complexity index is 723. The van der Waals surface area contributed by atoms with Crippen LogP contribution in [-0.4, -0.2) is 58.4 Å². The van der Waals surface area contributed by atoms with Gasteiger partial charge in [0.15, 0.2) is 0 Å². The second-order valence-electron chi connectivity index (χ2n) is 6.50. The number of aryl methyl sites for hydroxylation is 1. The second kappa shape index (κ2) is 8.25. The van der Waals surface area contributed by atoms with Crippen molar-refractivity contribution in [3.05, 3.63) is 34.9 Å². The van der Waals surface area contributed by atoms with Crippen molar-refractivity contribution in [2.45, 2.75) is 39.2 Å². The first-order chi connectivity index (χ1) is 12.2. The number of hydrogen-bond donors (Lipinski definition) is 1.